The third-order valence-electron chi connectivity index (χ3n) is 3.72. The number of carbonyl (C=O) groups is 2. The standard InChI is InChI=1S/C15H21N3O2/c1-16(14-5-3-2-4-6-14)15(20)7-8-17-9-11-18(13-19)12-10-17/h2-6,13H,7-12H2,1H3. The summed E-state index contributed by atoms with van der Waals surface area (Å²) in [6, 6.07) is 9.66. The van der Waals surface area contributed by atoms with E-state index in [2.05, 4.69) is 4.90 Å². The SMILES string of the molecule is CN(C(=O)CCN1CCN(C=O)CC1)c1ccccc1. The number of hydrogen-bond donors (Lipinski definition) is 0. The first kappa shape index (κ1) is 14.5. The van der Waals surface area contributed by atoms with E-state index >= 15 is 0 Å². The first-order valence-corrected chi connectivity index (χ1v) is 6.94. The van der Waals surface area contributed by atoms with E-state index in [0.717, 1.165) is 44.8 Å². The second-order valence-electron chi connectivity index (χ2n) is 5.02. The highest BCUT2D eigenvalue weighted by Gasteiger charge is 2.17. The van der Waals surface area contributed by atoms with Crippen LogP contribution in [0.25, 0.3) is 0 Å². The highest BCUT2D eigenvalue weighted by atomic mass is 16.2. The van der Waals surface area contributed by atoms with E-state index in [1.54, 1.807) is 9.80 Å². The molecule has 0 N–H and O–H groups in total. The second-order valence-corrected chi connectivity index (χ2v) is 5.02. The van der Waals surface area contributed by atoms with Crippen molar-refractivity contribution in [2.75, 3.05) is 44.7 Å². The summed E-state index contributed by atoms with van der Waals surface area (Å²) in [7, 11) is 1.81. The lowest BCUT2D eigenvalue weighted by Crippen LogP contribution is -2.46. The van der Waals surface area contributed by atoms with Crippen LogP contribution in [0.4, 0.5) is 5.69 Å². The van der Waals surface area contributed by atoms with Crippen LogP contribution in [0.5, 0.6) is 0 Å². The first-order valence-electron chi connectivity index (χ1n) is 6.94. The topological polar surface area (TPSA) is 43.9 Å². The van der Waals surface area contributed by atoms with Gasteiger partial charge in [-0.1, -0.05) is 18.2 Å². The van der Waals surface area contributed by atoms with E-state index in [4.69, 9.17) is 0 Å². The number of amides is 2. The van der Waals surface area contributed by atoms with Crippen molar-refractivity contribution in [3.63, 3.8) is 0 Å². The quantitative estimate of drug-likeness (QED) is 0.747. The minimum atomic E-state index is 0.119. The number of piperazine rings is 1. The van der Waals surface area contributed by atoms with Crippen molar-refractivity contribution in [3.8, 4) is 0 Å². The van der Waals surface area contributed by atoms with Crippen LogP contribution in [0.2, 0.25) is 0 Å². The molecular formula is C15H21N3O2. The van der Waals surface area contributed by atoms with Crippen molar-refractivity contribution < 1.29 is 9.59 Å². The average molecular weight is 275 g/mol. The minimum Gasteiger partial charge on any atom is -0.343 e. The fourth-order valence-electron chi connectivity index (χ4n) is 2.31. The molecule has 1 aliphatic heterocycles. The van der Waals surface area contributed by atoms with Crippen LogP contribution in [0.15, 0.2) is 30.3 Å². The fourth-order valence-corrected chi connectivity index (χ4v) is 2.31. The molecule has 1 fully saturated rings. The van der Waals surface area contributed by atoms with Gasteiger partial charge in [0.25, 0.3) is 0 Å². The molecule has 0 aliphatic carbocycles. The Balaban J connectivity index is 1.77. The van der Waals surface area contributed by atoms with Crippen molar-refractivity contribution in [3.05, 3.63) is 30.3 Å². The summed E-state index contributed by atoms with van der Waals surface area (Å²) in [5.41, 5.74) is 0.920. The molecule has 1 aliphatic rings. The molecule has 1 aromatic rings. The van der Waals surface area contributed by atoms with Crippen molar-refractivity contribution in [2.45, 2.75) is 6.42 Å². The molecule has 0 unspecified atom stereocenters. The van der Waals surface area contributed by atoms with Gasteiger partial charge < -0.3 is 9.80 Å². The van der Waals surface area contributed by atoms with Gasteiger partial charge in [0.05, 0.1) is 0 Å². The van der Waals surface area contributed by atoms with Gasteiger partial charge in [0.1, 0.15) is 0 Å². The molecule has 20 heavy (non-hydrogen) atoms. The number of nitrogens with zero attached hydrogens (tertiary/aromatic N) is 3. The van der Waals surface area contributed by atoms with Crippen molar-refractivity contribution >= 4 is 18.0 Å². The van der Waals surface area contributed by atoms with E-state index in [0.29, 0.717) is 6.42 Å². The molecule has 2 amide bonds. The number of benzene rings is 1. The molecule has 0 atom stereocenters. The Kier molecular flexibility index (Phi) is 5.12. The van der Waals surface area contributed by atoms with Gasteiger partial charge in [-0.2, -0.15) is 0 Å². The Morgan fingerprint density at radius 2 is 1.85 bits per heavy atom. The number of anilines is 1. The summed E-state index contributed by atoms with van der Waals surface area (Å²) in [6.07, 6.45) is 1.40. The zero-order valence-corrected chi connectivity index (χ0v) is 11.9. The maximum absolute atomic E-state index is 12.1. The van der Waals surface area contributed by atoms with Gasteiger partial charge in [-0.25, -0.2) is 0 Å². The Morgan fingerprint density at radius 1 is 1.20 bits per heavy atom. The van der Waals surface area contributed by atoms with Crippen LogP contribution < -0.4 is 4.90 Å². The van der Waals surface area contributed by atoms with Crippen LogP contribution in [0.1, 0.15) is 6.42 Å². The van der Waals surface area contributed by atoms with Crippen LogP contribution in [0.3, 0.4) is 0 Å². The number of rotatable bonds is 5. The fraction of sp³-hybridized carbons (Fsp3) is 0.467. The van der Waals surface area contributed by atoms with E-state index in [1.807, 2.05) is 37.4 Å². The van der Waals surface area contributed by atoms with Gasteiger partial charge in [0, 0.05) is 51.9 Å². The van der Waals surface area contributed by atoms with Crippen LogP contribution in [-0.2, 0) is 9.59 Å². The third-order valence-corrected chi connectivity index (χ3v) is 3.72. The normalized spacial score (nSPS) is 15.9. The van der Waals surface area contributed by atoms with Crippen molar-refractivity contribution in [1.29, 1.82) is 0 Å². The van der Waals surface area contributed by atoms with Gasteiger partial charge in [0.15, 0.2) is 0 Å². The molecule has 0 radical (unpaired) electrons. The van der Waals surface area contributed by atoms with Gasteiger partial charge in [-0.05, 0) is 12.1 Å². The number of carbonyl (C=O) groups excluding carboxylic acids is 2. The minimum absolute atomic E-state index is 0.119. The highest BCUT2D eigenvalue weighted by Crippen LogP contribution is 2.12. The van der Waals surface area contributed by atoms with Gasteiger partial charge in [-0.15, -0.1) is 0 Å². The predicted molar refractivity (Wildman–Crippen MR) is 78.5 cm³/mol. The molecule has 1 saturated heterocycles. The van der Waals surface area contributed by atoms with Crippen LogP contribution >= 0.6 is 0 Å². The highest BCUT2D eigenvalue weighted by molar-refractivity contribution is 5.92. The molecule has 0 spiro atoms. The Hall–Kier alpha value is -1.88. The van der Waals surface area contributed by atoms with Gasteiger partial charge in [-0.3, -0.25) is 14.5 Å². The molecule has 5 nitrogen and oxygen atoms in total. The Morgan fingerprint density at radius 3 is 2.45 bits per heavy atom. The molecule has 5 heteroatoms. The number of para-hydroxylation sites is 1. The summed E-state index contributed by atoms with van der Waals surface area (Å²) >= 11 is 0. The smallest absolute Gasteiger partial charge is 0.228 e. The summed E-state index contributed by atoms with van der Waals surface area (Å²) in [5.74, 6) is 0.119. The lowest BCUT2D eigenvalue weighted by atomic mass is 10.2. The zero-order valence-electron chi connectivity index (χ0n) is 11.9. The maximum atomic E-state index is 12.1. The molecule has 1 aromatic carbocycles. The van der Waals surface area contributed by atoms with E-state index in [9.17, 15) is 9.59 Å². The average Bonchev–Trinajstić information content (AvgIpc) is 2.53. The van der Waals surface area contributed by atoms with E-state index < -0.39 is 0 Å². The summed E-state index contributed by atoms with van der Waals surface area (Å²) in [5, 5.41) is 0. The first-order chi connectivity index (χ1) is 9.70. The summed E-state index contributed by atoms with van der Waals surface area (Å²) in [6.45, 7) is 3.96. The van der Waals surface area contributed by atoms with E-state index in [-0.39, 0.29) is 5.91 Å². The predicted octanol–water partition coefficient (Wildman–Crippen LogP) is 0.814. The monoisotopic (exact) mass is 275 g/mol. The Labute approximate surface area is 119 Å². The third kappa shape index (κ3) is 3.81. The van der Waals surface area contributed by atoms with Gasteiger partial charge >= 0.3 is 0 Å². The number of hydrogen-bond acceptors (Lipinski definition) is 3. The zero-order chi connectivity index (χ0) is 14.4. The molecular weight excluding hydrogens is 254 g/mol. The summed E-state index contributed by atoms with van der Waals surface area (Å²) in [4.78, 5) is 28.5. The Bertz CT molecular complexity index is 442. The van der Waals surface area contributed by atoms with Crippen molar-refractivity contribution in [1.82, 2.24) is 9.80 Å². The molecule has 0 aromatic heterocycles. The van der Waals surface area contributed by atoms with E-state index in [1.165, 1.54) is 0 Å². The van der Waals surface area contributed by atoms with Gasteiger partial charge in [0.2, 0.25) is 12.3 Å². The lowest BCUT2D eigenvalue weighted by molar-refractivity contribution is -0.121. The molecule has 108 valence electrons. The molecule has 1 heterocycles. The molecule has 0 saturated carbocycles. The van der Waals surface area contributed by atoms with Crippen LogP contribution in [-0.4, -0.2) is 61.9 Å². The second kappa shape index (κ2) is 7.05. The molecule has 2 rings (SSSR count). The summed E-state index contributed by atoms with van der Waals surface area (Å²) < 4.78 is 0. The largest absolute Gasteiger partial charge is 0.343 e. The van der Waals surface area contributed by atoms with Crippen molar-refractivity contribution in [2.24, 2.45) is 0 Å². The maximum Gasteiger partial charge on any atom is 0.228 e. The van der Waals surface area contributed by atoms with Crippen LogP contribution in [0, 0.1) is 0 Å². The lowest BCUT2D eigenvalue weighted by Gasteiger charge is -2.32. The molecule has 0 bridgehead atoms.